The Kier molecular flexibility index (Phi) is 2.83. The quantitative estimate of drug-likeness (QED) is 0.696. The van der Waals surface area contributed by atoms with Crippen molar-refractivity contribution in [2.75, 3.05) is 19.7 Å². The number of hydrogen-bond donors (Lipinski definition) is 1. The third-order valence-corrected chi connectivity index (χ3v) is 2.78. The smallest absolute Gasteiger partial charge is 0.183 e. The molecule has 1 saturated heterocycles. The van der Waals surface area contributed by atoms with E-state index in [1.54, 1.807) is 0 Å². The highest BCUT2D eigenvalue weighted by atomic mass is 16.5. The monoisotopic (exact) mass is 182 g/mol. The van der Waals surface area contributed by atoms with Gasteiger partial charge in [0.05, 0.1) is 6.04 Å². The Balaban J connectivity index is 1.80. The average molecular weight is 182 g/mol. The first-order chi connectivity index (χ1) is 6.34. The lowest BCUT2D eigenvalue weighted by molar-refractivity contribution is 0.297. The summed E-state index contributed by atoms with van der Waals surface area (Å²) in [5.74, 6) is 1.80. The van der Waals surface area contributed by atoms with Crippen LogP contribution in [0.1, 0.15) is 26.2 Å². The Morgan fingerprint density at radius 3 is 2.85 bits per heavy atom. The third-order valence-electron chi connectivity index (χ3n) is 2.78. The summed E-state index contributed by atoms with van der Waals surface area (Å²) in [6.45, 7) is 5.22. The van der Waals surface area contributed by atoms with Crippen molar-refractivity contribution < 1.29 is 4.74 Å². The molecule has 0 aromatic heterocycles. The first kappa shape index (κ1) is 9.00. The van der Waals surface area contributed by atoms with Crippen LogP contribution in [0.2, 0.25) is 0 Å². The average Bonchev–Trinajstić information content (AvgIpc) is 2.53. The van der Waals surface area contributed by atoms with Crippen molar-refractivity contribution >= 4 is 5.90 Å². The Labute approximate surface area is 79.6 Å². The van der Waals surface area contributed by atoms with Crippen molar-refractivity contribution in [2.45, 2.75) is 32.2 Å². The van der Waals surface area contributed by atoms with E-state index in [4.69, 9.17) is 4.74 Å². The van der Waals surface area contributed by atoms with Crippen LogP contribution < -0.4 is 5.32 Å². The second-order valence-electron chi connectivity index (χ2n) is 4.08. The summed E-state index contributed by atoms with van der Waals surface area (Å²) in [5.41, 5.74) is 0. The normalized spacial score (nSPS) is 29.9. The van der Waals surface area contributed by atoms with Crippen LogP contribution in [0.15, 0.2) is 4.99 Å². The molecule has 1 unspecified atom stereocenters. The van der Waals surface area contributed by atoms with Crippen molar-refractivity contribution in [3.05, 3.63) is 0 Å². The fourth-order valence-electron chi connectivity index (χ4n) is 1.98. The summed E-state index contributed by atoms with van der Waals surface area (Å²) in [5, 5.41) is 3.37. The summed E-state index contributed by atoms with van der Waals surface area (Å²) in [7, 11) is 0. The minimum Gasteiger partial charge on any atom is -0.479 e. The van der Waals surface area contributed by atoms with Crippen LogP contribution in [0.3, 0.4) is 0 Å². The second kappa shape index (κ2) is 4.09. The zero-order valence-corrected chi connectivity index (χ0v) is 8.25. The van der Waals surface area contributed by atoms with E-state index in [0.29, 0.717) is 6.04 Å². The molecule has 2 heterocycles. The lowest BCUT2D eigenvalue weighted by Gasteiger charge is -2.21. The predicted molar refractivity (Wildman–Crippen MR) is 53.1 cm³/mol. The van der Waals surface area contributed by atoms with Crippen LogP contribution >= 0.6 is 0 Å². The molecule has 0 amide bonds. The number of nitrogens with zero attached hydrogens (tertiary/aromatic N) is 1. The van der Waals surface area contributed by atoms with Gasteiger partial charge in [0, 0.05) is 6.42 Å². The SMILES string of the molecule is CC1COC(CC2CCNCC2)=N1. The van der Waals surface area contributed by atoms with E-state index in [1.807, 2.05) is 0 Å². The molecule has 0 spiro atoms. The molecule has 2 aliphatic heterocycles. The molecule has 1 N–H and O–H groups in total. The van der Waals surface area contributed by atoms with Crippen molar-refractivity contribution in [1.29, 1.82) is 0 Å². The molecule has 3 heteroatoms. The molecule has 0 aromatic rings. The van der Waals surface area contributed by atoms with Crippen LogP contribution in [0.4, 0.5) is 0 Å². The van der Waals surface area contributed by atoms with E-state index in [0.717, 1.165) is 37.9 Å². The highest BCUT2D eigenvalue weighted by molar-refractivity contribution is 5.77. The summed E-state index contributed by atoms with van der Waals surface area (Å²) >= 11 is 0. The van der Waals surface area contributed by atoms with Gasteiger partial charge < -0.3 is 10.1 Å². The Morgan fingerprint density at radius 2 is 2.23 bits per heavy atom. The highest BCUT2D eigenvalue weighted by Crippen LogP contribution is 2.19. The lowest BCUT2D eigenvalue weighted by atomic mass is 9.95. The molecule has 0 saturated carbocycles. The minimum absolute atomic E-state index is 0.386. The van der Waals surface area contributed by atoms with E-state index in [9.17, 15) is 0 Å². The van der Waals surface area contributed by atoms with Crippen LogP contribution in [-0.2, 0) is 4.74 Å². The van der Waals surface area contributed by atoms with Crippen molar-refractivity contribution in [2.24, 2.45) is 10.9 Å². The minimum atomic E-state index is 0.386. The van der Waals surface area contributed by atoms with Gasteiger partial charge in [-0.1, -0.05) is 0 Å². The summed E-state index contributed by atoms with van der Waals surface area (Å²) in [6.07, 6.45) is 3.61. The maximum absolute atomic E-state index is 5.50. The number of nitrogens with one attached hydrogen (secondary N) is 1. The highest BCUT2D eigenvalue weighted by Gasteiger charge is 2.20. The Morgan fingerprint density at radius 1 is 1.46 bits per heavy atom. The van der Waals surface area contributed by atoms with Crippen molar-refractivity contribution in [3.63, 3.8) is 0 Å². The third kappa shape index (κ3) is 2.44. The standard InChI is InChI=1S/C10H18N2O/c1-8-7-13-10(12-8)6-9-2-4-11-5-3-9/h8-9,11H,2-7H2,1H3. The number of hydrogen-bond acceptors (Lipinski definition) is 3. The molecule has 0 radical (unpaired) electrons. The molecule has 13 heavy (non-hydrogen) atoms. The van der Waals surface area contributed by atoms with Gasteiger partial charge >= 0.3 is 0 Å². The molecule has 0 aromatic carbocycles. The van der Waals surface area contributed by atoms with Gasteiger partial charge in [-0.25, -0.2) is 4.99 Å². The maximum atomic E-state index is 5.50. The summed E-state index contributed by atoms with van der Waals surface area (Å²) < 4.78 is 5.50. The molecule has 2 rings (SSSR count). The van der Waals surface area contributed by atoms with Crippen LogP contribution in [0.5, 0.6) is 0 Å². The zero-order chi connectivity index (χ0) is 9.10. The van der Waals surface area contributed by atoms with Gasteiger partial charge in [0.25, 0.3) is 0 Å². The van der Waals surface area contributed by atoms with E-state index in [-0.39, 0.29) is 0 Å². The lowest BCUT2D eigenvalue weighted by Crippen LogP contribution is -2.28. The number of piperidine rings is 1. The van der Waals surface area contributed by atoms with Gasteiger partial charge in [-0.15, -0.1) is 0 Å². The largest absolute Gasteiger partial charge is 0.479 e. The molecular weight excluding hydrogens is 164 g/mol. The Bertz CT molecular complexity index is 197. The summed E-state index contributed by atoms with van der Waals surface area (Å²) in [4.78, 5) is 4.46. The molecule has 1 fully saturated rings. The topological polar surface area (TPSA) is 33.6 Å². The first-order valence-corrected chi connectivity index (χ1v) is 5.25. The molecule has 0 aliphatic carbocycles. The van der Waals surface area contributed by atoms with Gasteiger partial charge in [-0.2, -0.15) is 0 Å². The number of rotatable bonds is 2. The van der Waals surface area contributed by atoms with E-state index in [1.165, 1.54) is 12.8 Å². The molecule has 2 aliphatic rings. The van der Waals surface area contributed by atoms with Crippen molar-refractivity contribution in [3.8, 4) is 0 Å². The fourth-order valence-corrected chi connectivity index (χ4v) is 1.98. The number of aliphatic imine (C=N–C) groups is 1. The predicted octanol–water partition coefficient (Wildman–Crippen LogP) is 1.19. The molecule has 74 valence electrons. The van der Waals surface area contributed by atoms with Crippen LogP contribution in [0.25, 0.3) is 0 Å². The molecular formula is C10H18N2O. The van der Waals surface area contributed by atoms with Gasteiger partial charge in [-0.3, -0.25) is 0 Å². The van der Waals surface area contributed by atoms with Crippen LogP contribution in [-0.4, -0.2) is 31.6 Å². The molecule has 0 bridgehead atoms. The number of ether oxygens (including phenoxy) is 1. The molecule has 1 atom stereocenters. The van der Waals surface area contributed by atoms with E-state index >= 15 is 0 Å². The second-order valence-corrected chi connectivity index (χ2v) is 4.08. The van der Waals surface area contributed by atoms with E-state index < -0.39 is 0 Å². The maximum Gasteiger partial charge on any atom is 0.183 e. The van der Waals surface area contributed by atoms with Gasteiger partial charge in [0.15, 0.2) is 5.90 Å². The van der Waals surface area contributed by atoms with Crippen LogP contribution in [0, 0.1) is 5.92 Å². The molecule has 3 nitrogen and oxygen atoms in total. The Hall–Kier alpha value is -0.570. The van der Waals surface area contributed by atoms with Crippen molar-refractivity contribution in [1.82, 2.24) is 5.32 Å². The van der Waals surface area contributed by atoms with Gasteiger partial charge in [0.1, 0.15) is 6.61 Å². The van der Waals surface area contributed by atoms with E-state index in [2.05, 4.69) is 17.2 Å². The van der Waals surface area contributed by atoms with Gasteiger partial charge in [0.2, 0.25) is 0 Å². The fraction of sp³-hybridized carbons (Fsp3) is 0.900. The summed E-state index contributed by atoms with van der Waals surface area (Å²) in [6, 6.07) is 0.386. The van der Waals surface area contributed by atoms with Gasteiger partial charge in [-0.05, 0) is 38.8 Å². The zero-order valence-electron chi connectivity index (χ0n) is 8.25. The first-order valence-electron chi connectivity index (χ1n) is 5.25.